The summed E-state index contributed by atoms with van der Waals surface area (Å²) in [4.78, 5) is 33.1. The van der Waals surface area contributed by atoms with E-state index in [1.54, 1.807) is 0 Å². The van der Waals surface area contributed by atoms with E-state index in [2.05, 4.69) is 10.6 Å². The normalized spacial score (nSPS) is 11.4. The Morgan fingerprint density at radius 1 is 1.20 bits per heavy atom. The molecule has 0 spiro atoms. The molecule has 0 aliphatic rings. The Kier molecular flexibility index (Phi) is 6.02. The van der Waals surface area contributed by atoms with E-state index in [0.29, 0.717) is 0 Å². The number of aliphatic carboxylic acids is 1. The van der Waals surface area contributed by atoms with Gasteiger partial charge in [-0.1, -0.05) is 30.3 Å². The second-order valence-corrected chi connectivity index (χ2v) is 4.21. The van der Waals surface area contributed by atoms with Crippen molar-refractivity contribution in [3.63, 3.8) is 0 Å². The first kappa shape index (κ1) is 15.5. The fourth-order valence-corrected chi connectivity index (χ4v) is 1.53. The van der Waals surface area contributed by atoms with Gasteiger partial charge in [-0.05, 0) is 12.0 Å². The number of carbonyl (C=O) groups excluding carboxylic acids is 2. The largest absolute Gasteiger partial charge is 0.480 e. The number of urea groups is 1. The maximum Gasteiger partial charge on any atom is 0.326 e. The maximum absolute atomic E-state index is 11.6. The number of rotatable bonds is 7. The molecule has 0 saturated heterocycles. The number of carboxylic acid groups (broad SMARTS) is 1. The lowest BCUT2D eigenvalue weighted by Crippen LogP contribution is -2.46. The number of primary amides is 1. The van der Waals surface area contributed by atoms with E-state index in [1.165, 1.54) is 0 Å². The third kappa shape index (κ3) is 5.85. The maximum atomic E-state index is 11.6. The van der Waals surface area contributed by atoms with E-state index in [9.17, 15) is 14.4 Å². The minimum absolute atomic E-state index is 0.0383. The van der Waals surface area contributed by atoms with Gasteiger partial charge in [0.25, 0.3) is 0 Å². The van der Waals surface area contributed by atoms with Gasteiger partial charge in [0.05, 0.1) is 0 Å². The standard InChI is InChI=1S/C13H17N3O4/c14-11(17)7-6-10(12(18)19)16-13(20)15-8-9-4-2-1-3-5-9/h1-5,10H,6-8H2,(H2,14,17)(H,18,19)(H2,15,16,20)/t10-/m0/s1. The van der Waals surface area contributed by atoms with Crippen molar-refractivity contribution in [3.05, 3.63) is 35.9 Å². The number of carboxylic acids is 1. The number of carbonyl (C=O) groups is 3. The Bertz CT molecular complexity index is 476. The minimum Gasteiger partial charge on any atom is -0.480 e. The molecular formula is C13H17N3O4. The summed E-state index contributed by atoms with van der Waals surface area (Å²) in [6, 6.07) is 7.45. The lowest BCUT2D eigenvalue weighted by molar-refractivity contribution is -0.139. The molecular weight excluding hydrogens is 262 g/mol. The van der Waals surface area contributed by atoms with E-state index in [4.69, 9.17) is 10.8 Å². The number of amides is 3. The Morgan fingerprint density at radius 3 is 2.40 bits per heavy atom. The Hall–Kier alpha value is -2.57. The first-order chi connectivity index (χ1) is 9.49. The monoisotopic (exact) mass is 279 g/mol. The molecule has 0 heterocycles. The zero-order chi connectivity index (χ0) is 15.0. The summed E-state index contributed by atoms with van der Waals surface area (Å²) >= 11 is 0. The highest BCUT2D eigenvalue weighted by Crippen LogP contribution is 1.99. The highest BCUT2D eigenvalue weighted by molar-refractivity contribution is 5.83. The van der Waals surface area contributed by atoms with Crippen LogP contribution in [0.25, 0.3) is 0 Å². The van der Waals surface area contributed by atoms with Gasteiger partial charge >= 0.3 is 12.0 Å². The van der Waals surface area contributed by atoms with E-state index in [-0.39, 0.29) is 19.4 Å². The molecule has 3 amide bonds. The summed E-state index contributed by atoms with van der Waals surface area (Å²) in [5, 5.41) is 13.8. The van der Waals surface area contributed by atoms with Crippen molar-refractivity contribution in [2.24, 2.45) is 5.73 Å². The molecule has 0 unspecified atom stereocenters. The number of benzene rings is 1. The third-order valence-electron chi connectivity index (χ3n) is 2.58. The summed E-state index contributed by atoms with van der Waals surface area (Å²) in [6.45, 7) is 0.287. The van der Waals surface area contributed by atoms with E-state index in [0.717, 1.165) is 5.56 Å². The van der Waals surface area contributed by atoms with Crippen molar-refractivity contribution in [3.8, 4) is 0 Å². The Balaban J connectivity index is 2.41. The average molecular weight is 279 g/mol. The molecule has 1 atom stereocenters. The molecule has 7 nitrogen and oxygen atoms in total. The van der Waals surface area contributed by atoms with Crippen LogP contribution in [0.3, 0.4) is 0 Å². The van der Waals surface area contributed by atoms with Gasteiger partial charge < -0.3 is 21.5 Å². The van der Waals surface area contributed by atoms with Gasteiger partial charge in [-0.3, -0.25) is 4.79 Å². The van der Waals surface area contributed by atoms with Crippen LogP contribution in [0.2, 0.25) is 0 Å². The molecule has 0 aromatic heterocycles. The molecule has 20 heavy (non-hydrogen) atoms. The van der Waals surface area contributed by atoms with E-state index in [1.807, 2.05) is 30.3 Å². The van der Waals surface area contributed by atoms with Crippen molar-refractivity contribution in [2.45, 2.75) is 25.4 Å². The minimum atomic E-state index is -1.21. The fraction of sp³-hybridized carbons (Fsp3) is 0.308. The van der Waals surface area contributed by atoms with E-state index < -0.39 is 23.9 Å². The summed E-state index contributed by atoms with van der Waals surface area (Å²) in [6.07, 6.45) is -0.140. The molecule has 7 heteroatoms. The smallest absolute Gasteiger partial charge is 0.326 e. The lowest BCUT2D eigenvalue weighted by Gasteiger charge is -2.14. The van der Waals surface area contributed by atoms with Gasteiger partial charge in [-0.15, -0.1) is 0 Å². The fourth-order valence-electron chi connectivity index (χ4n) is 1.53. The first-order valence-corrected chi connectivity index (χ1v) is 6.08. The molecule has 5 N–H and O–H groups in total. The molecule has 0 aliphatic heterocycles. The summed E-state index contributed by atoms with van der Waals surface area (Å²) in [7, 11) is 0. The lowest BCUT2D eigenvalue weighted by atomic mass is 10.1. The molecule has 0 bridgehead atoms. The molecule has 108 valence electrons. The van der Waals surface area contributed by atoms with Crippen LogP contribution in [0.4, 0.5) is 4.79 Å². The first-order valence-electron chi connectivity index (χ1n) is 6.08. The van der Waals surface area contributed by atoms with Gasteiger partial charge in [0.1, 0.15) is 6.04 Å². The summed E-state index contributed by atoms with van der Waals surface area (Å²) in [5.41, 5.74) is 5.84. The van der Waals surface area contributed by atoms with Gasteiger partial charge in [0, 0.05) is 13.0 Å². The topological polar surface area (TPSA) is 122 Å². The molecule has 0 aliphatic carbocycles. The number of nitrogens with two attached hydrogens (primary N) is 1. The van der Waals surface area contributed by atoms with Crippen LogP contribution >= 0.6 is 0 Å². The zero-order valence-electron chi connectivity index (χ0n) is 10.8. The number of hydrogen-bond acceptors (Lipinski definition) is 3. The van der Waals surface area contributed by atoms with Crippen molar-refractivity contribution in [1.29, 1.82) is 0 Å². The van der Waals surface area contributed by atoms with Crippen molar-refractivity contribution >= 4 is 17.9 Å². The molecule has 0 radical (unpaired) electrons. The predicted octanol–water partition coefficient (Wildman–Crippen LogP) is 0.204. The van der Waals surface area contributed by atoms with Crippen LogP contribution in [0, 0.1) is 0 Å². The quantitative estimate of drug-likeness (QED) is 0.569. The van der Waals surface area contributed by atoms with Gasteiger partial charge in [-0.2, -0.15) is 0 Å². The van der Waals surface area contributed by atoms with Gasteiger partial charge in [0.2, 0.25) is 5.91 Å². The number of nitrogens with one attached hydrogen (secondary N) is 2. The van der Waals surface area contributed by atoms with Crippen molar-refractivity contribution < 1.29 is 19.5 Å². The van der Waals surface area contributed by atoms with Crippen LogP contribution in [-0.4, -0.2) is 29.1 Å². The molecule has 1 aromatic carbocycles. The second kappa shape index (κ2) is 7.78. The molecule has 0 saturated carbocycles. The van der Waals surface area contributed by atoms with Crippen LogP contribution in [0.1, 0.15) is 18.4 Å². The van der Waals surface area contributed by atoms with E-state index >= 15 is 0 Å². The highest BCUT2D eigenvalue weighted by Gasteiger charge is 2.20. The average Bonchev–Trinajstić information content (AvgIpc) is 2.41. The summed E-state index contributed by atoms with van der Waals surface area (Å²) in [5.74, 6) is -1.82. The number of hydrogen-bond donors (Lipinski definition) is 4. The Labute approximate surface area is 116 Å². The molecule has 1 rings (SSSR count). The van der Waals surface area contributed by atoms with Gasteiger partial charge in [-0.25, -0.2) is 9.59 Å². The molecule has 1 aromatic rings. The third-order valence-corrected chi connectivity index (χ3v) is 2.58. The van der Waals surface area contributed by atoms with Crippen molar-refractivity contribution in [1.82, 2.24) is 10.6 Å². The van der Waals surface area contributed by atoms with Gasteiger partial charge in [0.15, 0.2) is 0 Å². The molecule has 0 fully saturated rings. The second-order valence-electron chi connectivity index (χ2n) is 4.21. The van der Waals surface area contributed by atoms with Crippen LogP contribution < -0.4 is 16.4 Å². The van der Waals surface area contributed by atoms with Crippen LogP contribution in [0.5, 0.6) is 0 Å². The highest BCUT2D eigenvalue weighted by atomic mass is 16.4. The summed E-state index contributed by atoms with van der Waals surface area (Å²) < 4.78 is 0. The Morgan fingerprint density at radius 2 is 1.85 bits per heavy atom. The van der Waals surface area contributed by atoms with Crippen LogP contribution in [0.15, 0.2) is 30.3 Å². The predicted molar refractivity (Wildman–Crippen MR) is 71.7 cm³/mol. The SMILES string of the molecule is NC(=O)CC[C@H](NC(=O)NCc1ccccc1)C(=O)O. The van der Waals surface area contributed by atoms with Crippen molar-refractivity contribution in [2.75, 3.05) is 0 Å². The zero-order valence-corrected chi connectivity index (χ0v) is 10.8. The van der Waals surface area contributed by atoms with Crippen LogP contribution in [-0.2, 0) is 16.1 Å².